The van der Waals surface area contributed by atoms with Gasteiger partial charge in [-0.2, -0.15) is 0 Å². The normalized spacial score (nSPS) is 30.4. The van der Waals surface area contributed by atoms with Crippen LogP contribution in [0.3, 0.4) is 0 Å². The van der Waals surface area contributed by atoms with Crippen LogP contribution < -0.4 is 0 Å². The second-order valence-electron chi connectivity index (χ2n) is 3.87. The fraction of sp³-hybridized carbons (Fsp3) is 0.500. The summed E-state index contributed by atoms with van der Waals surface area (Å²) in [6.07, 6.45) is 0.933. The summed E-state index contributed by atoms with van der Waals surface area (Å²) < 4.78 is 0. The molecule has 0 aliphatic carbocycles. The molecular weight excluding hydrogens is 198 g/mol. The first-order valence-corrected chi connectivity index (χ1v) is 5.69. The van der Waals surface area contributed by atoms with Crippen LogP contribution in [-0.4, -0.2) is 22.0 Å². The van der Waals surface area contributed by atoms with Crippen LogP contribution in [0.1, 0.15) is 29.4 Å². The van der Waals surface area contributed by atoms with Gasteiger partial charge in [0, 0.05) is 11.3 Å². The number of amides is 1. The molecular formula is C10H11NO2S. The summed E-state index contributed by atoms with van der Waals surface area (Å²) in [4.78, 5) is 14.5. The van der Waals surface area contributed by atoms with Crippen molar-refractivity contribution < 1.29 is 9.90 Å². The number of nitrogens with zero attached hydrogens (tertiary/aromatic N) is 1. The molecule has 1 aromatic rings. The fourth-order valence-electron chi connectivity index (χ4n) is 2.39. The van der Waals surface area contributed by atoms with E-state index < -0.39 is 6.10 Å². The van der Waals surface area contributed by atoms with E-state index in [0.717, 1.165) is 16.9 Å². The smallest absolute Gasteiger partial charge is 0.223 e. The third kappa shape index (κ3) is 0.980. The molecule has 3 rings (SSSR count). The van der Waals surface area contributed by atoms with E-state index in [2.05, 4.69) is 0 Å². The molecule has 0 unspecified atom stereocenters. The molecule has 0 saturated carbocycles. The van der Waals surface area contributed by atoms with Crippen molar-refractivity contribution in [3.05, 3.63) is 21.9 Å². The van der Waals surface area contributed by atoms with Crippen molar-refractivity contribution >= 4 is 17.2 Å². The van der Waals surface area contributed by atoms with E-state index in [-0.39, 0.29) is 11.9 Å². The van der Waals surface area contributed by atoms with Gasteiger partial charge in [0.25, 0.3) is 0 Å². The average molecular weight is 209 g/mol. The first-order chi connectivity index (χ1) is 6.77. The van der Waals surface area contributed by atoms with Crippen molar-refractivity contribution in [2.75, 3.05) is 0 Å². The quantitative estimate of drug-likeness (QED) is 0.699. The molecule has 14 heavy (non-hydrogen) atoms. The molecule has 2 aliphatic rings. The lowest BCUT2D eigenvalue weighted by atomic mass is 9.97. The highest BCUT2D eigenvalue weighted by Crippen LogP contribution is 2.39. The minimum atomic E-state index is -0.462. The Morgan fingerprint density at radius 3 is 3.29 bits per heavy atom. The molecule has 0 aromatic carbocycles. The highest BCUT2D eigenvalue weighted by molar-refractivity contribution is 7.10. The van der Waals surface area contributed by atoms with Gasteiger partial charge in [0.2, 0.25) is 5.91 Å². The predicted octanol–water partition coefficient (Wildman–Crippen LogP) is 1.29. The minimum Gasteiger partial charge on any atom is -0.386 e. The fourth-order valence-corrected chi connectivity index (χ4v) is 3.31. The highest BCUT2D eigenvalue weighted by Gasteiger charge is 2.41. The SMILES string of the molecule is O=C1CC[C@H]2[C@@H](O)c3ccsc3CN12. The van der Waals surface area contributed by atoms with Gasteiger partial charge in [-0.25, -0.2) is 0 Å². The Balaban J connectivity index is 2.04. The Labute approximate surface area is 86.0 Å². The number of aliphatic hydroxyl groups is 1. The zero-order chi connectivity index (χ0) is 9.71. The predicted molar refractivity (Wildman–Crippen MR) is 52.9 cm³/mol. The van der Waals surface area contributed by atoms with Crippen molar-refractivity contribution in [1.82, 2.24) is 4.90 Å². The lowest BCUT2D eigenvalue weighted by Crippen LogP contribution is -2.40. The molecule has 1 N–H and O–H groups in total. The summed E-state index contributed by atoms with van der Waals surface area (Å²) in [5.74, 6) is 0.188. The lowest BCUT2D eigenvalue weighted by molar-refractivity contribution is -0.131. The summed E-state index contributed by atoms with van der Waals surface area (Å²) in [5, 5.41) is 12.0. The van der Waals surface area contributed by atoms with Gasteiger partial charge in [0.05, 0.1) is 12.6 Å². The molecule has 1 saturated heterocycles. The summed E-state index contributed by atoms with van der Waals surface area (Å²) in [6.45, 7) is 0.702. The Morgan fingerprint density at radius 1 is 1.57 bits per heavy atom. The first kappa shape index (κ1) is 8.44. The Kier molecular flexibility index (Phi) is 1.69. The van der Waals surface area contributed by atoms with E-state index in [1.54, 1.807) is 11.3 Å². The van der Waals surface area contributed by atoms with Gasteiger partial charge in [-0.3, -0.25) is 4.79 Å². The van der Waals surface area contributed by atoms with E-state index in [4.69, 9.17) is 0 Å². The summed E-state index contributed by atoms with van der Waals surface area (Å²) in [7, 11) is 0. The Hall–Kier alpha value is -0.870. The zero-order valence-electron chi connectivity index (χ0n) is 7.64. The van der Waals surface area contributed by atoms with Crippen LogP contribution in [-0.2, 0) is 11.3 Å². The van der Waals surface area contributed by atoms with Gasteiger partial charge in [-0.15, -0.1) is 11.3 Å². The van der Waals surface area contributed by atoms with Crippen molar-refractivity contribution in [1.29, 1.82) is 0 Å². The van der Waals surface area contributed by atoms with Crippen LogP contribution in [0, 0.1) is 0 Å². The molecule has 74 valence electrons. The molecule has 1 aromatic heterocycles. The van der Waals surface area contributed by atoms with Gasteiger partial charge in [-0.05, 0) is 23.4 Å². The highest BCUT2D eigenvalue weighted by atomic mass is 32.1. The largest absolute Gasteiger partial charge is 0.386 e. The third-order valence-corrected chi connectivity index (χ3v) is 4.07. The van der Waals surface area contributed by atoms with Gasteiger partial charge in [-0.1, -0.05) is 0 Å². The van der Waals surface area contributed by atoms with E-state index in [0.29, 0.717) is 13.0 Å². The maximum absolute atomic E-state index is 11.5. The van der Waals surface area contributed by atoms with Gasteiger partial charge in [0.15, 0.2) is 0 Å². The molecule has 1 amide bonds. The van der Waals surface area contributed by atoms with Crippen LogP contribution in [0.4, 0.5) is 0 Å². The van der Waals surface area contributed by atoms with Crippen LogP contribution in [0.15, 0.2) is 11.4 Å². The van der Waals surface area contributed by atoms with E-state index >= 15 is 0 Å². The topological polar surface area (TPSA) is 40.5 Å². The number of hydrogen-bond acceptors (Lipinski definition) is 3. The average Bonchev–Trinajstić information content (AvgIpc) is 2.75. The van der Waals surface area contributed by atoms with E-state index in [9.17, 15) is 9.90 Å². The standard InChI is InChI=1S/C10H11NO2S/c12-9-2-1-7-10(13)6-3-4-14-8(6)5-11(7)9/h3-4,7,10,13H,1-2,5H2/t7-,10-/m0/s1. The second kappa shape index (κ2) is 2.81. The molecule has 2 atom stereocenters. The van der Waals surface area contributed by atoms with Crippen molar-refractivity contribution in [3.63, 3.8) is 0 Å². The van der Waals surface area contributed by atoms with E-state index in [1.807, 2.05) is 16.3 Å². The first-order valence-electron chi connectivity index (χ1n) is 4.81. The molecule has 0 spiro atoms. The number of thiophene rings is 1. The van der Waals surface area contributed by atoms with Crippen molar-refractivity contribution in [3.8, 4) is 0 Å². The minimum absolute atomic E-state index is 0.0320. The van der Waals surface area contributed by atoms with Crippen molar-refractivity contribution in [2.24, 2.45) is 0 Å². The molecule has 4 heteroatoms. The second-order valence-corrected chi connectivity index (χ2v) is 4.87. The molecule has 1 fully saturated rings. The number of aliphatic hydroxyl groups excluding tert-OH is 1. The lowest BCUT2D eigenvalue weighted by Gasteiger charge is -2.33. The number of hydrogen-bond donors (Lipinski definition) is 1. The number of carbonyl (C=O) groups is 1. The number of carbonyl (C=O) groups excluding carboxylic acids is 1. The van der Waals surface area contributed by atoms with Gasteiger partial charge >= 0.3 is 0 Å². The molecule has 3 heterocycles. The zero-order valence-corrected chi connectivity index (χ0v) is 8.46. The van der Waals surface area contributed by atoms with Crippen LogP contribution >= 0.6 is 11.3 Å². The summed E-state index contributed by atoms with van der Waals surface area (Å²) in [5.41, 5.74) is 1.03. The maximum Gasteiger partial charge on any atom is 0.223 e. The maximum atomic E-state index is 11.5. The van der Waals surface area contributed by atoms with Crippen LogP contribution in [0.25, 0.3) is 0 Å². The van der Waals surface area contributed by atoms with Crippen LogP contribution in [0.2, 0.25) is 0 Å². The molecule has 2 aliphatic heterocycles. The monoisotopic (exact) mass is 209 g/mol. The van der Waals surface area contributed by atoms with Gasteiger partial charge in [0.1, 0.15) is 6.10 Å². The molecule has 0 bridgehead atoms. The van der Waals surface area contributed by atoms with Crippen LogP contribution in [0.5, 0.6) is 0 Å². The molecule has 3 nitrogen and oxygen atoms in total. The number of fused-ring (bicyclic) bond motifs is 2. The summed E-state index contributed by atoms with van der Waals surface area (Å²) >= 11 is 1.63. The van der Waals surface area contributed by atoms with Crippen molar-refractivity contribution in [2.45, 2.75) is 31.5 Å². The third-order valence-electron chi connectivity index (χ3n) is 3.15. The molecule has 0 radical (unpaired) electrons. The Bertz CT molecular complexity index is 387. The Morgan fingerprint density at radius 2 is 2.43 bits per heavy atom. The summed E-state index contributed by atoms with van der Waals surface area (Å²) in [6, 6.07) is 2.01. The van der Waals surface area contributed by atoms with Gasteiger partial charge < -0.3 is 10.0 Å². The number of rotatable bonds is 0. The van der Waals surface area contributed by atoms with E-state index in [1.165, 1.54) is 0 Å².